The number of hydrogen-bond donors (Lipinski definition) is 0. The van der Waals surface area contributed by atoms with Gasteiger partial charge in [0.1, 0.15) is 0 Å². The molecule has 2 rings (SSSR count). The highest BCUT2D eigenvalue weighted by molar-refractivity contribution is 6.31. The summed E-state index contributed by atoms with van der Waals surface area (Å²) in [5, 5.41) is 0.599. The fourth-order valence-corrected chi connectivity index (χ4v) is 2.27. The molecule has 0 fully saturated rings. The van der Waals surface area contributed by atoms with Gasteiger partial charge in [-0.15, -0.1) is 0 Å². The maximum Gasteiger partial charge on any atom is 0.176 e. The lowest BCUT2D eigenvalue weighted by atomic mass is 10.1. The van der Waals surface area contributed by atoms with Crippen LogP contribution in [0.1, 0.15) is 22.8 Å². The molecule has 2 nitrogen and oxygen atoms in total. The van der Waals surface area contributed by atoms with Crippen LogP contribution in [-0.2, 0) is 6.54 Å². The van der Waals surface area contributed by atoms with Crippen LogP contribution in [-0.4, -0.2) is 23.8 Å². The minimum atomic E-state index is 0.102. The summed E-state index contributed by atoms with van der Waals surface area (Å²) >= 11 is 5.92. The molecule has 0 N–H and O–H groups in total. The summed E-state index contributed by atoms with van der Waals surface area (Å²) in [5.41, 5.74) is 1.89. The number of carbonyl (C=O) groups excluding carboxylic acids is 1. The van der Waals surface area contributed by atoms with Gasteiger partial charge in [0.25, 0.3) is 0 Å². The van der Waals surface area contributed by atoms with Gasteiger partial charge in [0.2, 0.25) is 0 Å². The van der Waals surface area contributed by atoms with Crippen molar-refractivity contribution >= 4 is 17.4 Å². The first-order chi connectivity index (χ1) is 9.69. The van der Waals surface area contributed by atoms with Crippen LogP contribution in [0.3, 0.4) is 0 Å². The minimum Gasteiger partial charge on any atom is -0.293 e. The van der Waals surface area contributed by atoms with Crippen LogP contribution in [0.5, 0.6) is 0 Å². The van der Waals surface area contributed by atoms with E-state index in [2.05, 4.69) is 24.0 Å². The van der Waals surface area contributed by atoms with E-state index in [1.807, 2.05) is 30.3 Å². The summed E-state index contributed by atoms with van der Waals surface area (Å²) in [7, 11) is 0. The molecule has 0 atom stereocenters. The Morgan fingerprint density at radius 1 is 1.10 bits per heavy atom. The Labute approximate surface area is 125 Å². The van der Waals surface area contributed by atoms with Crippen LogP contribution < -0.4 is 0 Å². The molecule has 20 heavy (non-hydrogen) atoms. The smallest absolute Gasteiger partial charge is 0.176 e. The van der Waals surface area contributed by atoms with Crippen LogP contribution in [0.2, 0.25) is 5.02 Å². The van der Waals surface area contributed by atoms with E-state index in [-0.39, 0.29) is 5.78 Å². The first kappa shape index (κ1) is 14.8. The second-order valence-electron chi connectivity index (χ2n) is 4.72. The molecule has 0 aromatic heterocycles. The van der Waals surface area contributed by atoms with Gasteiger partial charge in [-0.3, -0.25) is 9.69 Å². The van der Waals surface area contributed by atoms with Gasteiger partial charge in [-0.1, -0.05) is 61.0 Å². The molecule has 0 radical (unpaired) electrons. The summed E-state index contributed by atoms with van der Waals surface area (Å²) in [4.78, 5) is 14.4. The van der Waals surface area contributed by atoms with Gasteiger partial charge in [0.05, 0.1) is 6.54 Å². The average molecular weight is 288 g/mol. The number of carbonyl (C=O) groups is 1. The van der Waals surface area contributed by atoms with E-state index < -0.39 is 0 Å². The van der Waals surface area contributed by atoms with Gasteiger partial charge < -0.3 is 0 Å². The molecule has 0 amide bonds. The van der Waals surface area contributed by atoms with Crippen LogP contribution >= 0.6 is 11.6 Å². The van der Waals surface area contributed by atoms with E-state index >= 15 is 0 Å². The molecule has 0 heterocycles. The number of Topliss-reactive ketones (excluding diaryl/α,β-unsaturated/α-hetero) is 1. The van der Waals surface area contributed by atoms with Crippen LogP contribution in [0.15, 0.2) is 54.6 Å². The molecule has 0 unspecified atom stereocenters. The van der Waals surface area contributed by atoms with Crippen LogP contribution in [0.4, 0.5) is 0 Å². The molecule has 0 aliphatic heterocycles. The van der Waals surface area contributed by atoms with Crippen LogP contribution in [0.25, 0.3) is 0 Å². The number of hydrogen-bond acceptors (Lipinski definition) is 2. The quantitative estimate of drug-likeness (QED) is 0.747. The number of rotatable bonds is 6. The highest BCUT2D eigenvalue weighted by Gasteiger charge is 2.12. The Balaban J connectivity index is 2.01. The molecular formula is C17H18ClNO. The molecule has 0 aliphatic rings. The Hall–Kier alpha value is -1.64. The van der Waals surface area contributed by atoms with E-state index in [1.54, 1.807) is 12.1 Å². The minimum absolute atomic E-state index is 0.102. The molecule has 0 spiro atoms. The van der Waals surface area contributed by atoms with Gasteiger partial charge in [0.15, 0.2) is 5.78 Å². The van der Waals surface area contributed by atoms with E-state index in [0.29, 0.717) is 17.1 Å². The highest BCUT2D eigenvalue weighted by atomic mass is 35.5. The molecule has 2 aromatic carbocycles. The SMILES string of the molecule is CCN(CC(=O)c1cccc(Cl)c1)Cc1ccccc1. The molecule has 2 aromatic rings. The van der Waals surface area contributed by atoms with Crippen molar-refractivity contribution in [2.45, 2.75) is 13.5 Å². The predicted molar refractivity (Wildman–Crippen MR) is 83.2 cm³/mol. The van der Waals surface area contributed by atoms with Gasteiger partial charge in [-0.2, -0.15) is 0 Å². The lowest BCUT2D eigenvalue weighted by Crippen LogP contribution is -2.29. The molecule has 0 bridgehead atoms. The first-order valence-electron chi connectivity index (χ1n) is 6.74. The molecular weight excluding hydrogens is 270 g/mol. The Morgan fingerprint density at radius 3 is 2.50 bits per heavy atom. The van der Waals surface area contributed by atoms with Gasteiger partial charge >= 0.3 is 0 Å². The number of likely N-dealkylation sites (N-methyl/N-ethyl adjacent to an activating group) is 1. The summed E-state index contributed by atoms with van der Waals surface area (Å²) in [6.07, 6.45) is 0. The second-order valence-corrected chi connectivity index (χ2v) is 5.16. The Kier molecular flexibility index (Phi) is 5.33. The predicted octanol–water partition coefficient (Wildman–Crippen LogP) is 4.04. The molecule has 0 aliphatic carbocycles. The van der Waals surface area contributed by atoms with Crippen molar-refractivity contribution in [1.29, 1.82) is 0 Å². The van der Waals surface area contributed by atoms with Crippen molar-refractivity contribution in [3.8, 4) is 0 Å². The largest absolute Gasteiger partial charge is 0.293 e. The number of halogens is 1. The highest BCUT2D eigenvalue weighted by Crippen LogP contribution is 2.12. The third kappa shape index (κ3) is 4.19. The zero-order chi connectivity index (χ0) is 14.4. The number of benzene rings is 2. The normalized spacial score (nSPS) is 10.8. The summed E-state index contributed by atoms with van der Waals surface area (Å²) in [5.74, 6) is 0.102. The Bertz CT molecular complexity index is 568. The monoisotopic (exact) mass is 287 g/mol. The maximum atomic E-state index is 12.3. The fourth-order valence-electron chi connectivity index (χ4n) is 2.08. The Morgan fingerprint density at radius 2 is 1.85 bits per heavy atom. The fraction of sp³-hybridized carbons (Fsp3) is 0.235. The standard InChI is InChI=1S/C17H18ClNO/c1-2-19(12-14-7-4-3-5-8-14)13-17(20)15-9-6-10-16(18)11-15/h3-11H,2,12-13H2,1H3. The van der Waals surface area contributed by atoms with Gasteiger partial charge in [-0.05, 0) is 24.2 Å². The summed E-state index contributed by atoms with van der Waals surface area (Å²) < 4.78 is 0. The second kappa shape index (κ2) is 7.22. The third-order valence-corrected chi connectivity index (χ3v) is 3.45. The zero-order valence-corrected chi connectivity index (χ0v) is 12.3. The van der Waals surface area contributed by atoms with E-state index in [4.69, 9.17) is 11.6 Å². The van der Waals surface area contributed by atoms with Crippen molar-refractivity contribution in [3.63, 3.8) is 0 Å². The van der Waals surface area contributed by atoms with Crippen LogP contribution in [0, 0.1) is 0 Å². The topological polar surface area (TPSA) is 20.3 Å². The van der Waals surface area contributed by atoms with Crippen molar-refractivity contribution in [2.75, 3.05) is 13.1 Å². The average Bonchev–Trinajstić information content (AvgIpc) is 2.47. The van der Waals surface area contributed by atoms with Crippen molar-refractivity contribution < 1.29 is 4.79 Å². The third-order valence-electron chi connectivity index (χ3n) is 3.21. The molecule has 0 saturated carbocycles. The lowest BCUT2D eigenvalue weighted by molar-refractivity contribution is 0.0929. The number of ketones is 1. The van der Waals surface area contributed by atoms with E-state index in [0.717, 1.165) is 13.1 Å². The molecule has 0 saturated heterocycles. The summed E-state index contributed by atoms with van der Waals surface area (Å²) in [6.45, 7) is 4.09. The van der Waals surface area contributed by atoms with E-state index in [9.17, 15) is 4.79 Å². The van der Waals surface area contributed by atoms with Crippen molar-refractivity contribution in [3.05, 3.63) is 70.7 Å². The number of nitrogens with zero attached hydrogens (tertiary/aromatic N) is 1. The van der Waals surface area contributed by atoms with Crippen molar-refractivity contribution in [2.24, 2.45) is 0 Å². The maximum absolute atomic E-state index is 12.3. The van der Waals surface area contributed by atoms with Gasteiger partial charge in [0, 0.05) is 17.1 Å². The van der Waals surface area contributed by atoms with E-state index in [1.165, 1.54) is 5.56 Å². The first-order valence-corrected chi connectivity index (χ1v) is 7.12. The molecule has 104 valence electrons. The van der Waals surface area contributed by atoms with Crippen molar-refractivity contribution in [1.82, 2.24) is 4.90 Å². The van der Waals surface area contributed by atoms with Gasteiger partial charge in [-0.25, -0.2) is 0 Å². The summed E-state index contributed by atoms with van der Waals surface area (Å²) in [6, 6.07) is 17.3. The zero-order valence-electron chi connectivity index (χ0n) is 11.6. The lowest BCUT2D eigenvalue weighted by Gasteiger charge is -2.19. The molecule has 3 heteroatoms.